The van der Waals surface area contributed by atoms with Gasteiger partial charge in [-0.25, -0.2) is 4.79 Å². The van der Waals surface area contributed by atoms with Crippen LogP contribution in [0.2, 0.25) is 0 Å². The first-order chi connectivity index (χ1) is 12.8. The van der Waals surface area contributed by atoms with E-state index in [1.54, 1.807) is 17.3 Å². The first-order valence-electron chi connectivity index (χ1n) is 9.02. The number of aromatic nitrogens is 1. The van der Waals surface area contributed by atoms with E-state index in [2.05, 4.69) is 10.3 Å². The number of rotatable bonds is 8. The molecule has 1 aliphatic heterocycles. The van der Waals surface area contributed by atoms with Crippen LogP contribution in [0.25, 0.3) is 0 Å². The van der Waals surface area contributed by atoms with Gasteiger partial charge in [0, 0.05) is 32.1 Å². The van der Waals surface area contributed by atoms with Crippen LogP contribution in [0.5, 0.6) is 5.75 Å². The fourth-order valence-corrected chi connectivity index (χ4v) is 2.89. The molecule has 1 aliphatic rings. The number of benzene rings is 1. The Morgan fingerprint density at radius 2 is 2.15 bits per heavy atom. The van der Waals surface area contributed by atoms with E-state index < -0.39 is 0 Å². The van der Waals surface area contributed by atoms with Gasteiger partial charge in [0.25, 0.3) is 0 Å². The molecule has 0 aliphatic carbocycles. The van der Waals surface area contributed by atoms with Gasteiger partial charge in [0.1, 0.15) is 12.4 Å². The smallest absolute Gasteiger partial charge is 0.317 e. The van der Waals surface area contributed by atoms with Crippen molar-refractivity contribution < 1.29 is 14.3 Å². The Balaban J connectivity index is 1.52. The second-order valence-electron chi connectivity index (χ2n) is 6.26. The highest BCUT2D eigenvalue weighted by atomic mass is 16.5. The molecule has 0 spiro atoms. The van der Waals surface area contributed by atoms with Crippen molar-refractivity contribution in [2.45, 2.75) is 25.5 Å². The van der Waals surface area contributed by atoms with E-state index in [0.29, 0.717) is 26.2 Å². The molecule has 2 aromatic rings. The summed E-state index contributed by atoms with van der Waals surface area (Å²) in [6.45, 7) is 2.76. The number of urea groups is 1. The normalized spacial score (nSPS) is 16.2. The van der Waals surface area contributed by atoms with Crippen LogP contribution in [0.1, 0.15) is 18.4 Å². The van der Waals surface area contributed by atoms with Gasteiger partial charge in [-0.2, -0.15) is 0 Å². The number of amides is 2. The van der Waals surface area contributed by atoms with Crippen molar-refractivity contribution in [3.8, 4) is 5.75 Å². The maximum atomic E-state index is 12.6. The first kappa shape index (κ1) is 18.2. The molecule has 6 nitrogen and oxygen atoms in total. The summed E-state index contributed by atoms with van der Waals surface area (Å²) >= 11 is 0. The van der Waals surface area contributed by atoms with Crippen molar-refractivity contribution in [3.63, 3.8) is 0 Å². The Bertz CT molecular complexity index is 661. The summed E-state index contributed by atoms with van der Waals surface area (Å²) in [6, 6.07) is 13.3. The third kappa shape index (κ3) is 5.74. The van der Waals surface area contributed by atoms with Crippen LogP contribution in [0.15, 0.2) is 54.9 Å². The minimum absolute atomic E-state index is 0.107. The Hall–Kier alpha value is -2.60. The number of nitrogens with zero attached hydrogens (tertiary/aromatic N) is 2. The van der Waals surface area contributed by atoms with Gasteiger partial charge >= 0.3 is 6.03 Å². The number of pyridine rings is 1. The number of hydrogen-bond donors (Lipinski definition) is 1. The number of hydrogen-bond acceptors (Lipinski definition) is 4. The predicted octanol–water partition coefficient (Wildman–Crippen LogP) is 2.85. The summed E-state index contributed by atoms with van der Waals surface area (Å²) in [5.74, 6) is 0.806. The molecule has 2 heterocycles. The lowest BCUT2D eigenvalue weighted by Gasteiger charge is -2.25. The van der Waals surface area contributed by atoms with Gasteiger partial charge in [-0.05, 0) is 36.6 Å². The molecule has 0 radical (unpaired) electrons. The van der Waals surface area contributed by atoms with Gasteiger partial charge in [0.15, 0.2) is 0 Å². The second kappa shape index (κ2) is 9.77. The average molecular weight is 355 g/mol. The van der Waals surface area contributed by atoms with Crippen molar-refractivity contribution in [2.24, 2.45) is 0 Å². The van der Waals surface area contributed by atoms with E-state index in [1.165, 1.54) is 0 Å². The van der Waals surface area contributed by atoms with Crippen LogP contribution in [0, 0.1) is 0 Å². The van der Waals surface area contributed by atoms with E-state index in [-0.39, 0.29) is 12.1 Å². The Morgan fingerprint density at radius 3 is 2.88 bits per heavy atom. The van der Waals surface area contributed by atoms with Crippen LogP contribution in [0.3, 0.4) is 0 Å². The zero-order valence-corrected chi connectivity index (χ0v) is 14.8. The summed E-state index contributed by atoms with van der Waals surface area (Å²) in [4.78, 5) is 18.5. The van der Waals surface area contributed by atoms with Gasteiger partial charge in [-0.15, -0.1) is 0 Å². The predicted molar refractivity (Wildman–Crippen MR) is 99.0 cm³/mol. The van der Waals surface area contributed by atoms with E-state index in [4.69, 9.17) is 9.47 Å². The SMILES string of the molecule is O=C(NCc1cccnc1)N(CCOc1ccccc1)C[C@H]1CCCO1. The molecule has 0 unspecified atom stereocenters. The topological polar surface area (TPSA) is 63.7 Å². The van der Waals surface area contributed by atoms with E-state index >= 15 is 0 Å². The lowest BCUT2D eigenvalue weighted by molar-refractivity contribution is 0.0773. The number of carbonyl (C=O) groups is 1. The van der Waals surface area contributed by atoms with Crippen LogP contribution in [0.4, 0.5) is 4.79 Å². The lowest BCUT2D eigenvalue weighted by atomic mass is 10.2. The van der Waals surface area contributed by atoms with Crippen LogP contribution in [-0.4, -0.2) is 48.3 Å². The average Bonchev–Trinajstić information content (AvgIpc) is 3.20. The van der Waals surface area contributed by atoms with Crippen molar-refractivity contribution in [1.29, 1.82) is 0 Å². The molecule has 1 N–H and O–H groups in total. The summed E-state index contributed by atoms with van der Waals surface area (Å²) in [6.07, 6.45) is 5.62. The zero-order chi connectivity index (χ0) is 18.0. The number of nitrogens with one attached hydrogen (secondary N) is 1. The minimum atomic E-state index is -0.110. The molecule has 1 fully saturated rings. The molecule has 0 bridgehead atoms. The third-order valence-corrected chi connectivity index (χ3v) is 4.27. The Labute approximate surface area is 154 Å². The molecular formula is C20H25N3O3. The molecule has 26 heavy (non-hydrogen) atoms. The fourth-order valence-electron chi connectivity index (χ4n) is 2.89. The summed E-state index contributed by atoms with van der Waals surface area (Å²) in [5, 5.41) is 2.96. The Kier molecular flexibility index (Phi) is 6.84. The molecule has 1 aromatic carbocycles. The van der Waals surface area contributed by atoms with Gasteiger partial charge in [0.05, 0.1) is 12.6 Å². The second-order valence-corrected chi connectivity index (χ2v) is 6.26. The molecule has 1 aromatic heterocycles. The van der Waals surface area contributed by atoms with Crippen molar-refractivity contribution in [1.82, 2.24) is 15.2 Å². The maximum absolute atomic E-state index is 12.6. The Morgan fingerprint density at radius 1 is 1.27 bits per heavy atom. The van der Waals surface area contributed by atoms with Gasteiger partial charge in [-0.3, -0.25) is 4.98 Å². The molecule has 1 atom stereocenters. The highest BCUT2D eigenvalue weighted by Crippen LogP contribution is 2.14. The van der Waals surface area contributed by atoms with Crippen molar-refractivity contribution in [3.05, 3.63) is 60.4 Å². The molecule has 1 saturated heterocycles. The quantitative estimate of drug-likeness (QED) is 0.791. The monoisotopic (exact) mass is 355 g/mol. The lowest BCUT2D eigenvalue weighted by Crippen LogP contribution is -2.45. The molecule has 138 valence electrons. The van der Waals surface area contributed by atoms with Gasteiger partial charge in [-0.1, -0.05) is 24.3 Å². The number of para-hydroxylation sites is 1. The van der Waals surface area contributed by atoms with Gasteiger partial charge in [0.2, 0.25) is 0 Å². The summed E-state index contributed by atoms with van der Waals surface area (Å²) in [7, 11) is 0. The molecule has 0 saturated carbocycles. The minimum Gasteiger partial charge on any atom is -0.492 e. The number of carbonyl (C=O) groups excluding carboxylic acids is 1. The van der Waals surface area contributed by atoms with E-state index in [0.717, 1.165) is 30.8 Å². The standard InChI is InChI=1S/C20H25N3O3/c24-20(22-15-17-6-4-10-21-14-17)23(16-19-9-5-12-25-19)11-13-26-18-7-2-1-3-8-18/h1-4,6-8,10,14,19H,5,9,11-13,15-16H2,(H,22,24)/t19-/m1/s1. The zero-order valence-electron chi connectivity index (χ0n) is 14.8. The number of ether oxygens (including phenoxy) is 2. The first-order valence-corrected chi connectivity index (χ1v) is 9.02. The van der Waals surface area contributed by atoms with E-state index in [9.17, 15) is 4.79 Å². The molecule has 3 rings (SSSR count). The van der Waals surface area contributed by atoms with Crippen molar-refractivity contribution >= 4 is 6.03 Å². The van der Waals surface area contributed by atoms with Crippen LogP contribution < -0.4 is 10.1 Å². The van der Waals surface area contributed by atoms with Crippen molar-refractivity contribution in [2.75, 3.05) is 26.3 Å². The van der Waals surface area contributed by atoms with Gasteiger partial charge < -0.3 is 19.7 Å². The summed E-state index contributed by atoms with van der Waals surface area (Å²) in [5.41, 5.74) is 0.971. The van der Waals surface area contributed by atoms with E-state index in [1.807, 2.05) is 42.5 Å². The molecule has 2 amide bonds. The molecule has 6 heteroatoms. The fraction of sp³-hybridized carbons (Fsp3) is 0.400. The van der Waals surface area contributed by atoms with Crippen LogP contribution >= 0.6 is 0 Å². The summed E-state index contributed by atoms with van der Waals surface area (Å²) < 4.78 is 11.4. The van der Waals surface area contributed by atoms with Crippen LogP contribution in [-0.2, 0) is 11.3 Å². The maximum Gasteiger partial charge on any atom is 0.317 e. The highest BCUT2D eigenvalue weighted by molar-refractivity contribution is 5.74. The highest BCUT2D eigenvalue weighted by Gasteiger charge is 2.22. The largest absolute Gasteiger partial charge is 0.492 e. The third-order valence-electron chi connectivity index (χ3n) is 4.27. The molecular weight excluding hydrogens is 330 g/mol.